The molecule has 0 saturated heterocycles. The highest BCUT2D eigenvalue weighted by Gasteiger charge is 2.22. The highest BCUT2D eigenvalue weighted by molar-refractivity contribution is 6.22. The number of esters is 1. The number of phenolic OH excluding ortho intramolecular Hbond substituents is 1. The van der Waals surface area contributed by atoms with E-state index in [0.29, 0.717) is 10.8 Å². The number of rotatable bonds is 3. The van der Waals surface area contributed by atoms with E-state index in [9.17, 15) is 25.4 Å². The van der Waals surface area contributed by atoms with Crippen LogP contribution in [0.2, 0.25) is 0 Å². The summed E-state index contributed by atoms with van der Waals surface area (Å²) in [5.41, 5.74) is -0.302. The zero-order chi connectivity index (χ0) is 18.3. The Hall–Kier alpha value is -3.23. The lowest BCUT2D eigenvalue weighted by atomic mass is 9.95. The minimum Gasteiger partial charge on any atom is -0.870 e. The molecule has 0 bridgehead atoms. The Labute approximate surface area is 141 Å². The Kier molecular flexibility index (Phi) is 3.99. The molecule has 3 aromatic carbocycles. The molecule has 0 heterocycles. The number of phenols is 1. The van der Waals surface area contributed by atoms with Gasteiger partial charge in [-0.2, -0.15) is 0 Å². The lowest BCUT2D eigenvalue weighted by molar-refractivity contribution is -0.269. The van der Waals surface area contributed by atoms with Crippen molar-refractivity contribution >= 4 is 33.2 Å². The van der Waals surface area contributed by atoms with Crippen molar-refractivity contribution in [3.05, 3.63) is 35.9 Å². The maximum Gasteiger partial charge on any atom is 0.338 e. The fourth-order valence-corrected chi connectivity index (χ4v) is 2.90. The van der Waals surface area contributed by atoms with Crippen molar-refractivity contribution in [2.24, 2.45) is 0 Å². The Morgan fingerprint density at radius 1 is 1.12 bits per heavy atom. The predicted octanol–water partition coefficient (Wildman–Crippen LogP) is 2.15. The molecule has 130 valence electrons. The summed E-state index contributed by atoms with van der Waals surface area (Å²) in [6.07, 6.45) is 0. The van der Waals surface area contributed by atoms with E-state index in [1.807, 2.05) is 0 Å². The first kappa shape index (κ1) is 16.6. The molecular formula is C17H14NO7-. The standard InChI is InChI=1S/C17H15NO7/c1-24-16-13(20)7-11(17(21)25-2)14-12(18(22)23)5-8-3-4-9(19)6-10(8)15(14)16/h3-7,19-20,22-23H,1-2H3/p-1. The number of carbonyl (C=O) groups excluding carboxylic acids is 1. The van der Waals surface area contributed by atoms with Crippen molar-refractivity contribution in [1.82, 2.24) is 0 Å². The number of carbonyl (C=O) groups is 1. The van der Waals surface area contributed by atoms with Gasteiger partial charge in [-0.1, -0.05) is 17.9 Å². The third-order valence-corrected chi connectivity index (χ3v) is 3.93. The van der Waals surface area contributed by atoms with Gasteiger partial charge in [0.1, 0.15) is 17.2 Å². The van der Waals surface area contributed by atoms with Crippen LogP contribution >= 0.6 is 0 Å². The average Bonchev–Trinajstić information content (AvgIpc) is 2.59. The van der Waals surface area contributed by atoms with Crippen LogP contribution < -0.4 is 15.1 Å². The molecule has 0 aliphatic heterocycles. The normalized spacial score (nSPS) is 10.9. The fourth-order valence-electron chi connectivity index (χ4n) is 2.90. The molecule has 0 radical (unpaired) electrons. The lowest BCUT2D eigenvalue weighted by Gasteiger charge is -2.22. The lowest BCUT2D eigenvalue weighted by Crippen LogP contribution is -2.14. The average molecular weight is 344 g/mol. The van der Waals surface area contributed by atoms with Crippen molar-refractivity contribution < 1.29 is 34.9 Å². The van der Waals surface area contributed by atoms with E-state index >= 15 is 0 Å². The zero-order valence-corrected chi connectivity index (χ0v) is 13.3. The van der Waals surface area contributed by atoms with Gasteiger partial charge in [-0.05, 0) is 29.0 Å². The topological polar surface area (TPSA) is 123 Å². The van der Waals surface area contributed by atoms with Crippen molar-refractivity contribution in [3.8, 4) is 17.2 Å². The second kappa shape index (κ2) is 6.00. The van der Waals surface area contributed by atoms with Crippen LogP contribution in [0.25, 0.3) is 21.5 Å². The minimum absolute atomic E-state index is 0.0476. The van der Waals surface area contributed by atoms with E-state index in [4.69, 9.17) is 9.47 Å². The Balaban J connectivity index is 2.67. The van der Waals surface area contributed by atoms with Gasteiger partial charge in [-0.25, -0.2) is 4.79 Å². The molecule has 3 rings (SSSR count). The molecule has 0 saturated carbocycles. The van der Waals surface area contributed by atoms with E-state index in [1.165, 1.54) is 31.4 Å². The highest BCUT2D eigenvalue weighted by atomic mass is 16.8. The van der Waals surface area contributed by atoms with Crippen LogP contribution in [-0.2, 0) is 4.74 Å². The molecule has 25 heavy (non-hydrogen) atoms. The number of anilines is 1. The number of aromatic hydroxyl groups is 1. The first-order valence-electron chi connectivity index (χ1n) is 7.12. The van der Waals surface area contributed by atoms with Gasteiger partial charge in [0.2, 0.25) is 0 Å². The van der Waals surface area contributed by atoms with Gasteiger partial charge in [0.15, 0.2) is 0 Å². The van der Waals surface area contributed by atoms with E-state index in [-0.39, 0.29) is 38.7 Å². The number of hydrogen-bond donors (Lipinski definition) is 3. The van der Waals surface area contributed by atoms with Gasteiger partial charge >= 0.3 is 5.97 Å². The Morgan fingerprint density at radius 2 is 1.84 bits per heavy atom. The van der Waals surface area contributed by atoms with Gasteiger partial charge in [0, 0.05) is 10.8 Å². The van der Waals surface area contributed by atoms with Crippen molar-refractivity contribution in [2.75, 3.05) is 19.4 Å². The van der Waals surface area contributed by atoms with Crippen LogP contribution in [0.3, 0.4) is 0 Å². The second-order valence-corrected chi connectivity index (χ2v) is 5.29. The van der Waals surface area contributed by atoms with E-state index in [1.54, 1.807) is 0 Å². The molecule has 3 N–H and O–H groups in total. The first-order valence-corrected chi connectivity index (χ1v) is 7.12. The van der Waals surface area contributed by atoms with Crippen LogP contribution in [0.1, 0.15) is 10.4 Å². The molecule has 3 aromatic rings. The minimum atomic E-state index is -0.827. The second-order valence-electron chi connectivity index (χ2n) is 5.29. The fraction of sp³-hybridized carbons (Fsp3) is 0.118. The van der Waals surface area contributed by atoms with Gasteiger partial charge < -0.3 is 19.7 Å². The van der Waals surface area contributed by atoms with E-state index in [2.05, 4.69) is 0 Å². The molecule has 0 aliphatic rings. The molecule has 0 spiro atoms. The molecule has 0 unspecified atom stereocenters. The van der Waals surface area contributed by atoms with Gasteiger partial charge in [-0.3, -0.25) is 10.4 Å². The van der Waals surface area contributed by atoms with Crippen LogP contribution in [0.15, 0.2) is 30.3 Å². The third kappa shape index (κ3) is 2.53. The molecule has 0 atom stereocenters. The molecule has 0 aromatic heterocycles. The van der Waals surface area contributed by atoms with Gasteiger partial charge in [0.05, 0.1) is 19.8 Å². The van der Waals surface area contributed by atoms with Crippen LogP contribution in [0.5, 0.6) is 17.2 Å². The van der Waals surface area contributed by atoms with Crippen LogP contribution in [0.4, 0.5) is 5.69 Å². The maximum absolute atomic E-state index is 12.4. The van der Waals surface area contributed by atoms with Crippen molar-refractivity contribution in [1.29, 1.82) is 0 Å². The van der Waals surface area contributed by atoms with E-state index < -0.39 is 11.7 Å². The molecule has 0 amide bonds. The molecular weight excluding hydrogens is 330 g/mol. The SMILES string of the molecule is COC(=O)c1cc([O-])c(OC)c2c1c(N(O)O)cc1ccc(O)cc12. The summed E-state index contributed by atoms with van der Waals surface area (Å²) in [7, 11) is 2.43. The van der Waals surface area contributed by atoms with E-state index in [0.717, 1.165) is 13.2 Å². The summed E-state index contributed by atoms with van der Waals surface area (Å²) < 4.78 is 9.87. The van der Waals surface area contributed by atoms with Crippen molar-refractivity contribution in [2.45, 2.75) is 0 Å². The number of benzene rings is 3. The predicted molar refractivity (Wildman–Crippen MR) is 86.5 cm³/mol. The number of ether oxygens (including phenoxy) is 2. The summed E-state index contributed by atoms with van der Waals surface area (Å²) in [6, 6.07) is 6.74. The number of hydrogen-bond acceptors (Lipinski definition) is 8. The largest absolute Gasteiger partial charge is 0.870 e. The molecule has 8 nitrogen and oxygen atoms in total. The van der Waals surface area contributed by atoms with Crippen LogP contribution in [0, 0.1) is 0 Å². The molecule has 0 fully saturated rings. The Bertz CT molecular complexity index is 998. The molecule has 0 aliphatic carbocycles. The summed E-state index contributed by atoms with van der Waals surface area (Å²) in [6.45, 7) is 0. The van der Waals surface area contributed by atoms with Gasteiger partial charge in [0.25, 0.3) is 0 Å². The zero-order valence-electron chi connectivity index (χ0n) is 13.3. The molecule has 8 heteroatoms. The summed E-state index contributed by atoms with van der Waals surface area (Å²) in [5.74, 6) is -1.57. The van der Waals surface area contributed by atoms with Crippen LogP contribution in [-0.4, -0.2) is 35.7 Å². The van der Waals surface area contributed by atoms with Crippen molar-refractivity contribution in [3.63, 3.8) is 0 Å². The number of nitrogens with zero attached hydrogens (tertiary/aromatic N) is 1. The summed E-state index contributed by atoms with van der Waals surface area (Å²) >= 11 is 0. The Morgan fingerprint density at radius 3 is 2.44 bits per heavy atom. The monoisotopic (exact) mass is 344 g/mol. The number of methoxy groups -OCH3 is 2. The summed E-state index contributed by atoms with van der Waals surface area (Å²) in [5, 5.41) is 42.4. The maximum atomic E-state index is 12.4. The quantitative estimate of drug-likeness (QED) is 0.375. The first-order chi connectivity index (χ1) is 11.9. The smallest absolute Gasteiger partial charge is 0.338 e. The third-order valence-electron chi connectivity index (χ3n) is 3.93. The summed E-state index contributed by atoms with van der Waals surface area (Å²) in [4.78, 5) is 12.1. The number of fused-ring (bicyclic) bond motifs is 3. The highest BCUT2D eigenvalue weighted by Crippen LogP contribution is 2.45. The van der Waals surface area contributed by atoms with Gasteiger partial charge in [-0.15, -0.1) is 5.23 Å².